The van der Waals surface area contributed by atoms with Crippen molar-refractivity contribution in [3.05, 3.63) is 35.5 Å². The van der Waals surface area contributed by atoms with Gasteiger partial charge in [0.2, 0.25) is 6.29 Å². The third-order valence-electron chi connectivity index (χ3n) is 6.83. The molecule has 1 heterocycles. The lowest BCUT2D eigenvalue weighted by Gasteiger charge is -2.56. The van der Waals surface area contributed by atoms with E-state index in [1.165, 1.54) is 6.08 Å². The van der Waals surface area contributed by atoms with E-state index in [1.54, 1.807) is 6.08 Å². The third-order valence-corrected chi connectivity index (χ3v) is 6.83. The molecular weight excluding hydrogens is 320 g/mol. The van der Waals surface area contributed by atoms with Crippen molar-refractivity contribution in [1.29, 1.82) is 0 Å². The number of hydrogen-bond donors (Lipinski definition) is 2. The number of carbonyl (C=O) groups is 2. The van der Waals surface area contributed by atoms with Crippen LogP contribution in [0.15, 0.2) is 35.5 Å². The number of fused-ring (bicyclic) bond motifs is 1. The van der Waals surface area contributed by atoms with E-state index in [2.05, 4.69) is 26.8 Å². The molecule has 5 nitrogen and oxygen atoms in total. The maximum Gasteiger partial charge on any atom is 0.333 e. The lowest BCUT2D eigenvalue weighted by Crippen LogP contribution is -2.49. The van der Waals surface area contributed by atoms with Crippen molar-refractivity contribution in [2.45, 2.75) is 52.7 Å². The molecule has 1 saturated carbocycles. The van der Waals surface area contributed by atoms with Gasteiger partial charge in [-0.05, 0) is 42.9 Å². The third kappa shape index (κ3) is 2.84. The van der Waals surface area contributed by atoms with E-state index in [1.807, 2.05) is 6.08 Å². The number of aliphatic carboxylic acids is 1. The van der Waals surface area contributed by atoms with Gasteiger partial charge in [0, 0.05) is 22.6 Å². The quantitative estimate of drug-likeness (QED) is 0.764. The number of esters is 1. The highest BCUT2D eigenvalue weighted by molar-refractivity contribution is 5.89. The fourth-order valence-electron chi connectivity index (χ4n) is 4.99. The minimum absolute atomic E-state index is 0.107. The molecule has 0 radical (unpaired) electrons. The normalized spacial score (nSPS) is 40.2. The van der Waals surface area contributed by atoms with E-state index >= 15 is 0 Å². The van der Waals surface area contributed by atoms with Crippen LogP contribution >= 0.6 is 0 Å². The molecule has 136 valence electrons. The van der Waals surface area contributed by atoms with E-state index in [4.69, 9.17) is 4.74 Å². The highest BCUT2D eigenvalue weighted by atomic mass is 16.6. The summed E-state index contributed by atoms with van der Waals surface area (Å²) in [5, 5.41) is 19.5. The van der Waals surface area contributed by atoms with Crippen LogP contribution in [-0.4, -0.2) is 28.4 Å². The molecule has 2 N–H and O–H groups in total. The number of hydrogen-bond acceptors (Lipinski definition) is 4. The number of allylic oxidation sites excluding steroid dienone is 3. The summed E-state index contributed by atoms with van der Waals surface area (Å²) in [7, 11) is 0. The number of carboxylic acid groups (broad SMARTS) is 1. The lowest BCUT2D eigenvalue weighted by molar-refractivity contribution is -0.151. The summed E-state index contributed by atoms with van der Waals surface area (Å²) in [4.78, 5) is 23.1. The summed E-state index contributed by atoms with van der Waals surface area (Å²) < 4.78 is 4.77. The minimum atomic E-state index is -1.14. The van der Waals surface area contributed by atoms with Crippen LogP contribution < -0.4 is 0 Å². The van der Waals surface area contributed by atoms with Crippen molar-refractivity contribution in [3.63, 3.8) is 0 Å². The molecule has 1 fully saturated rings. The summed E-state index contributed by atoms with van der Waals surface area (Å²) in [5.41, 5.74) is 0.581. The maximum atomic E-state index is 11.8. The SMILES string of the molecule is C[C@H]1CC[C@@]2(C)C(C(=O)O)=CC=C[C@H]2[C@]1(C)CCC1=CC(=O)O[C@H]1O. The van der Waals surface area contributed by atoms with Gasteiger partial charge in [0.15, 0.2) is 0 Å². The Morgan fingerprint density at radius 2 is 2.12 bits per heavy atom. The molecule has 0 spiro atoms. The van der Waals surface area contributed by atoms with Crippen LogP contribution in [0.4, 0.5) is 0 Å². The Balaban J connectivity index is 1.87. The lowest BCUT2D eigenvalue weighted by atomic mass is 9.48. The zero-order valence-electron chi connectivity index (χ0n) is 15.0. The zero-order valence-corrected chi connectivity index (χ0v) is 15.0. The van der Waals surface area contributed by atoms with Crippen LogP contribution in [0.3, 0.4) is 0 Å². The van der Waals surface area contributed by atoms with Crippen LogP contribution in [0, 0.1) is 22.7 Å². The molecule has 5 heteroatoms. The fraction of sp³-hybridized carbons (Fsp3) is 0.600. The summed E-state index contributed by atoms with van der Waals surface area (Å²) in [6, 6.07) is 0. The van der Waals surface area contributed by atoms with Crippen LogP contribution in [0.25, 0.3) is 0 Å². The molecule has 0 aromatic rings. The molecule has 0 saturated heterocycles. The Labute approximate surface area is 148 Å². The summed E-state index contributed by atoms with van der Waals surface area (Å²) >= 11 is 0. The van der Waals surface area contributed by atoms with E-state index in [0.29, 0.717) is 23.5 Å². The van der Waals surface area contributed by atoms with Gasteiger partial charge in [-0.25, -0.2) is 9.59 Å². The van der Waals surface area contributed by atoms with E-state index in [9.17, 15) is 19.8 Å². The van der Waals surface area contributed by atoms with Crippen molar-refractivity contribution >= 4 is 11.9 Å². The second-order valence-electron chi connectivity index (χ2n) is 8.12. The molecule has 5 atom stereocenters. The summed E-state index contributed by atoms with van der Waals surface area (Å²) in [5.74, 6) is -0.820. The molecule has 25 heavy (non-hydrogen) atoms. The number of rotatable bonds is 4. The van der Waals surface area contributed by atoms with Crippen molar-refractivity contribution in [2.24, 2.45) is 22.7 Å². The second-order valence-corrected chi connectivity index (χ2v) is 8.12. The first-order chi connectivity index (χ1) is 11.7. The number of aliphatic hydroxyl groups is 1. The van der Waals surface area contributed by atoms with Gasteiger partial charge in [-0.3, -0.25) is 0 Å². The number of ether oxygens (including phenoxy) is 1. The molecule has 3 aliphatic rings. The first-order valence-electron chi connectivity index (χ1n) is 8.90. The molecule has 0 amide bonds. The Morgan fingerprint density at radius 3 is 2.72 bits per heavy atom. The van der Waals surface area contributed by atoms with Crippen molar-refractivity contribution in [1.82, 2.24) is 0 Å². The second kappa shape index (κ2) is 6.13. The Kier molecular flexibility index (Phi) is 4.40. The largest absolute Gasteiger partial charge is 0.478 e. The van der Waals surface area contributed by atoms with Crippen LogP contribution in [0.1, 0.15) is 46.5 Å². The summed E-state index contributed by atoms with van der Waals surface area (Å²) in [6.07, 6.45) is 9.11. The van der Waals surface area contributed by atoms with Crippen LogP contribution in [0.2, 0.25) is 0 Å². The molecule has 0 aromatic heterocycles. The van der Waals surface area contributed by atoms with Crippen LogP contribution in [0.5, 0.6) is 0 Å². The van der Waals surface area contributed by atoms with Gasteiger partial charge in [-0.15, -0.1) is 0 Å². The molecule has 1 aliphatic heterocycles. The molecule has 0 aromatic carbocycles. The number of cyclic esters (lactones) is 1. The fourth-order valence-corrected chi connectivity index (χ4v) is 4.99. The molecule has 2 aliphatic carbocycles. The van der Waals surface area contributed by atoms with Crippen molar-refractivity contribution < 1.29 is 24.5 Å². The predicted octanol–water partition coefficient (Wildman–Crippen LogP) is 3.21. The van der Waals surface area contributed by atoms with Crippen molar-refractivity contribution in [3.8, 4) is 0 Å². The van der Waals surface area contributed by atoms with Gasteiger partial charge in [0.1, 0.15) is 0 Å². The average molecular weight is 346 g/mol. The van der Waals surface area contributed by atoms with E-state index < -0.39 is 23.6 Å². The number of carboxylic acids is 1. The molecule has 3 rings (SSSR count). The average Bonchev–Trinajstić information content (AvgIpc) is 2.87. The highest BCUT2D eigenvalue weighted by Gasteiger charge is 2.54. The topological polar surface area (TPSA) is 83.8 Å². The predicted molar refractivity (Wildman–Crippen MR) is 92.4 cm³/mol. The monoisotopic (exact) mass is 346 g/mol. The first kappa shape index (κ1) is 17.9. The minimum Gasteiger partial charge on any atom is -0.478 e. The van der Waals surface area contributed by atoms with Gasteiger partial charge in [-0.2, -0.15) is 0 Å². The Bertz CT molecular complexity index is 688. The van der Waals surface area contributed by atoms with Crippen molar-refractivity contribution in [2.75, 3.05) is 0 Å². The van der Waals surface area contributed by atoms with Gasteiger partial charge < -0.3 is 14.9 Å². The van der Waals surface area contributed by atoms with Gasteiger partial charge in [0.25, 0.3) is 0 Å². The molecule has 0 bridgehead atoms. The van der Waals surface area contributed by atoms with E-state index in [0.717, 1.165) is 19.3 Å². The molecular formula is C20H26O5. The Hall–Kier alpha value is -1.88. The van der Waals surface area contributed by atoms with Gasteiger partial charge >= 0.3 is 11.9 Å². The van der Waals surface area contributed by atoms with Crippen LogP contribution in [-0.2, 0) is 14.3 Å². The summed E-state index contributed by atoms with van der Waals surface area (Å²) in [6.45, 7) is 6.48. The van der Waals surface area contributed by atoms with Gasteiger partial charge in [0.05, 0.1) is 0 Å². The first-order valence-corrected chi connectivity index (χ1v) is 8.90. The smallest absolute Gasteiger partial charge is 0.333 e. The Morgan fingerprint density at radius 1 is 1.40 bits per heavy atom. The number of carbonyl (C=O) groups excluding carboxylic acids is 1. The van der Waals surface area contributed by atoms with Gasteiger partial charge in [-0.1, -0.05) is 39.0 Å². The maximum absolute atomic E-state index is 11.8. The molecule has 0 unspecified atom stereocenters. The van der Waals surface area contributed by atoms with E-state index in [-0.39, 0.29) is 11.3 Å². The highest BCUT2D eigenvalue weighted by Crippen LogP contribution is 2.60. The standard InChI is InChI=1S/C20H26O5/c1-12-7-9-20(3)14(17(22)23)5-4-6-15(20)19(12,2)10-8-13-11-16(21)25-18(13)24/h4-6,11-12,15,18,24H,7-10H2,1-3H3,(H,22,23)/t12-,15-,18+,19+,20-/m0/s1. The zero-order chi connectivity index (χ0) is 18.4. The number of aliphatic hydroxyl groups excluding tert-OH is 1.